The van der Waals surface area contributed by atoms with E-state index in [0.717, 1.165) is 6.42 Å². The summed E-state index contributed by atoms with van der Waals surface area (Å²) >= 11 is 0. The maximum Gasteiger partial charge on any atom is 0.0713 e. The predicted octanol–water partition coefficient (Wildman–Crippen LogP) is 8.79. The molecule has 0 spiro atoms. The van der Waals surface area contributed by atoms with E-state index < -0.39 is 0 Å². The van der Waals surface area contributed by atoms with Gasteiger partial charge in [0.2, 0.25) is 0 Å². The second-order valence-corrected chi connectivity index (χ2v) is 9.77. The van der Waals surface area contributed by atoms with Crippen molar-refractivity contribution in [2.24, 2.45) is 0 Å². The summed E-state index contributed by atoms with van der Waals surface area (Å²) in [6.07, 6.45) is 0.911. The van der Waals surface area contributed by atoms with Crippen molar-refractivity contribution in [3.8, 4) is 11.1 Å². The largest absolute Gasteiger partial charge is 0.0713 e. The van der Waals surface area contributed by atoms with Crippen LogP contribution < -0.4 is 0 Å². The Morgan fingerprint density at radius 2 is 0.944 bits per heavy atom. The van der Waals surface area contributed by atoms with Crippen LogP contribution in [0.3, 0.4) is 0 Å². The topological polar surface area (TPSA) is 0 Å². The molecule has 6 aromatic rings. The highest BCUT2D eigenvalue weighted by Crippen LogP contribution is 2.56. The number of benzene rings is 6. The van der Waals surface area contributed by atoms with Crippen molar-refractivity contribution in [3.63, 3.8) is 0 Å². The van der Waals surface area contributed by atoms with Gasteiger partial charge < -0.3 is 0 Å². The van der Waals surface area contributed by atoms with Gasteiger partial charge in [-0.3, -0.25) is 0 Å². The van der Waals surface area contributed by atoms with E-state index in [2.05, 4.69) is 146 Å². The average Bonchev–Trinajstić information content (AvgIpc) is 3.24. The molecule has 0 saturated carbocycles. The lowest BCUT2D eigenvalue weighted by atomic mass is 9.67. The SMILES string of the molecule is c1ccc(C2(c3ccccc3)c3ccccc3-c3ccc(Cc4ccc5ccccc5c4)cc32)cc1. The molecule has 0 atom stereocenters. The Morgan fingerprint density at radius 3 is 1.69 bits per heavy atom. The predicted molar refractivity (Wildman–Crippen MR) is 150 cm³/mol. The maximum absolute atomic E-state index is 2.46. The summed E-state index contributed by atoms with van der Waals surface area (Å²) in [5.41, 5.74) is 10.4. The van der Waals surface area contributed by atoms with Crippen molar-refractivity contribution in [1.82, 2.24) is 0 Å². The van der Waals surface area contributed by atoms with Gasteiger partial charge in [0.05, 0.1) is 5.41 Å². The molecule has 7 rings (SSSR count). The van der Waals surface area contributed by atoms with Crippen LogP contribution in [0.25, 0.3) is 21.9 Å². The van der Waals surface area contributed by atoms with Crippen molar-refractivity contribution in [2.75, 3.05) is 0 Å². The first-order chi connectivity index (χ1) is 17.8. The Morgan fingerprint density at radius 1 is 0.389 bits per heavy atom. The summed E-state index contributed by atoms with van der Waals surface area (Å²) in [7, 11) is 0. The Bertz CT molecular complexity index is 1650. The van der Waals surface area contributed by atoms with Crippen LogP contribution in [0.1, 0.15) is 33.4 Å². The van der Waals surface area contributed by atoms with Crippen LogP contribution in [0.5, 0.6) is 0 Å². The molecule has 1 aliphatic carbocycles. The molecule has 0 saturated heterocycles. The number of rotatable bonds is 4. The summed E-state index contributed by atoms with van der Waals surface area (Å²) in [4.78, 5) is 0. The molecule has 0 amide bonds. The van der Waals surface area contributed by atoms with Crippen LogP contribution in [0.4, 0.5) is 0 Å². The van der Waals surface area contributed by atoms with E-state index in [1.54, 1.807) is 0 Å². The highest BCUT2D eigenvalue weighted by atomic mass is 14.5. The summed E-state index contributed by atoms with van der Waals surface area (Å²) in [6, 6.07) is 53.6. The fraction of sp³-hybridized carbons (Fsp3) is 0.0556. The lowest BCUT2D eigenvalue weighted by Crippen LogP contribution is -2.28. The molecular formula is C36H26. The molecule has 170 valence electrons. The maximum atomic E-state index is 2.46. The van der Waals surface area contributed by atoms with Crippen LogP contribution >= 0.6 is 0 Å². The van der Waals surface area contributed by atoms with Crippen molar-refractivity contribution in [2.45, 2.75) is 11.8 Å². The van der Waals surface area contributed by atoms with E-state index in [1.165, 1.54) is 55.3 Å². The molecule has 0 fully saturated rings. The first-order valence-corrected chi connectivity index (χ1v) is 12.7. The number of hydrogen-bond acceptors (Lipinski definition) is 0. The monoisotopic (exact) mass is 458 g/mol. The van der Waals surface area contributed by atoms with Gasteiger partial charge in [-0.2, -0.15) is 0 Å². The normalized spacial score (nSPS) is 13.3. The van der Waals surface area contributed by atoms with Crippen molar-refractivity contribution in [1.29, 1.82) is 0 Å². The standard InChI is InChI=1S/C36H26/c1-3-13-30(14-4-1)36(31-15-5-2-6-16-31)34-18-10-9-17-32(34)33-22-20-27(25-35(33)36)23-26-19-21-28-11-7-8-12-29(28)24-26/h1-22,24-25H,23H2. The van der Waals surface area contributed by atoms with E-state index in [-0.39, 0.29) is 5.41 Å². The molecule has 0 unspecified atom stereocenters. The van der Waals surface area contributed by atoms with E-state index in [9.17, 15) is 0 Å². The molecule has 6 aromatic carbocycles. The highest BCUT2D eigenvalue weighted by Gasteiger charge is 2.45. The van der Waals surface area contributed by atoms with Gasteiger partial charge in [0.25, 0.3) is 0 Å². The first-order valence-electron chi connectivity index (χ1n) is 12.7. The zero-order valence-corrected chi connectivity index (χ0v) is 20.1. The minimum Gasteiger partial charge on any atom is -0.0622 e. The smallest absolute Gasteiger partial charge is 0.0622 e. The Labute approximate surface area is 212 Å². The lowest BCUT2D eigenvalue weighted by molar-refractivity contribution is 0.767. The van der Waals surface area contributed by atoms with Gasteiger partial charge in [0.1, 0.15) is 0 Å². The fourth-order valence-electron chi connectivity index (χ4n) is 6.19. The van der Waals surface area contributed by atoms with Gasteiger partial charge in [-0.25, -0.2) is 0 Å². The minimum absolute atomic E-state index is 0.339. The Hall–Kier alpha value is -4.42. The molecule has 0 aromatic heterocycles. The number of hydrogen-bond donors (Lipinski definition) is 0. The van der Waals surface area contributed by atoms with Crippen LogP contribution in [-0.4, -0.2) is 0 Å². The molecule has 1 aliphatic rings. The molecule has 0 radical (unpaired) electrons. The second kappa shape index (κ2) is 8.36. The number of fused-ring (bicyclic) bond motifs is 4. The van der Waals surface area contributed by atoms with Crippen LogP contribution in [0.15, 0.2) is 146 Å². The molecule has 0 aliphatic heterocycles. The summed E-state index contributed by atoms with van der Waals surface area (Å²) < 4.78 is 0. The van der Waals surface area contributed by atoms with Gasteiger partial charge in [0, 0.05) is 0 Å². The van der Waals surface area contributed by atoms with E-state index in [4.69, 9.17) is 0 Å². The second-order valence-electron chi connectivity index (χ2n) is 9.77. The quantitative estimate of drug-likeness (QED) is 0.247. The van der Waals surface area contributed by atoms with Crippen molar-refractivity contribution in [3.05, 3.63) is 179 Å². The van der Waals surface area contributed by atoms with Gasteiger partial charge in [-0.1, -0.05) is 146 Å². The van der Waals surface area contributed by atoms with Crippen molar-refractivity contribution < 1.29 is 0 Å². The van der Waals surface area contributed by atoms with Gasteiger partial charge in [-0.15, -0.1) is 0 Å². The van der Waals surface area contributed by atoms with Gasteiger partial charge in [0.15, 0.2) is 0 Å². The van der Waals surface area contributed by atoms with Crippen molar-refractivity contribution >= 4 is 10.8 Å². The van der Waals surface area contributed by atoms with E-state index >= 15 is 0 Å². The van der Waals surface area contributed by atoms with E-state index in [0.29, 0.717) is 0 Å². The minimum atomic E-state index is -0.339. The third kappa shape index (κ3) is 3.15. The molecule has 0 N–H and O–H groups in total. The van der Waals surface area contributed by atoms with Gasteiger partial charge >= 0.3 is 0 Å². The fourth-order valence-corrected chi connectivity index (χ4v) is 6.19. The average molecular weight is 459 g/mol. The van der Waals surface area contributed by atoms with Crippen LogP contribution in [0, 0.1) is 0 Å². The molecule has 0 nitrogen and oxygen atoms in total. The van der Waals surface area contributed by atoms with Gasteiger partial charge in [-0.05, 0) is 61.7 Å². The zero-order chi connectivity index (χ0) is 24.0. The summed E-state index contributed by atoms with van der Waals surface area (Å²) in [6.45, 7) is 0. The zero-order valence-electron chi connectivity index (χ0n) is 20.1. The molecule has 0 bridgehead atoms. The molecule has 0 heterocycles. The summed E-state index contributed by atoms with van der Waals surface area (Å²) in [5, 5.41) is 2.59. The molecule has 0 heteroatoms. The third-order valence-electron chi connectivity index (χ3n) is 7.74. The van der Waals surface area contributed by atoms with Crippen LogP contribution in [0.2, 0.25) is 0 Å². The Kier molecular flexibility index (Phi) is 4.85. The third-order valence-corrected chi connectivity index (χ3v) is 7.74. The van der Waals surface area contributed by atoms with Crippen LogP contribution in [-0.2, 0) is 11.8 Å². The molecular weight excluding hydrogens is 432 g/mol. The highest BCUT2D eigenvalue weighted by molar-refractivity contribution is 5.87. The lowest BCUT2D eigenvalue weighted by Gasteiger charge is -2.34. The first kappa shape index (κ1) is 20.9. The van der Waals surface area contributed by atoms with E-state index in [1.807, 2.05) is 0 Å². The Balaban J connectivity index is 1.45. The summed E-state index contributed by atoms with van der Waals surface area (Å²) in [5.74, 6) is 0. The molecule has 36 heavy (non-hydrogen) atoms.